The fraction of sp³-hybridized carbons (Fsp3) is 0.654. The summed E-state index contributed by atoms with van der Waals surface area (Å²) in [4.78, 5) is 42.5. The van der Waals surface area contributed by atoms with Gasteiger partial charge < -0.3 is 25.4 Å². The maximum absolute atomic E-state index is 13.8. The highest BCUT2D eigenvalue weighted by Gasteiger charge is 2.78. The maximum Gasteiger partial charge on any atom is 0.246 e. The standard InChI is InChI=1S/C26H37N3O5/c1-5-25-12-13-26(34-25)19(18(25)21(31)27-16-17-10-7-6-8-11-17)23(33)29(14-9-15-30)20(26)22(32)28-24(2,3)4/h6-8,10-11,18-20,30H,5,9,12-16H2,1-4H3,(H,27,31)(H,28,32)/t18-,19-,20?,25+,26?/m0/s1. The predicted octanol–water partition coefficient (Wildman–Crippen LogP) is 1.75. The summed E-state index contributed by atoms with van der Waals surface area (Å²) in [5.74, 6) is -2.07. The van der Waals surface area contributed by atoms with E-state index in [1.54, 1.807) is 4.90 Å². The van der Waals surface area contributed by atoms with Crippen LogP contribution in [0.15, 0.2) is 30.3 Å². The van der Waals surface area contributed by atoms with E-state index in [9.17, 15) is 19.5 Å². The number of aliphatic hydroxyl groups is 1. The second kappa shape index (κ2) is 8.96. The van der Waals surface area contributed by atoms with Crippen LogP contribution in [0.4, 0.5) is 0 Å². The Morgan fingerprint density at radius 3 is 2.50 bits per heavy atom. The lowest BCUT2D eigenvalue weighted by atomic mass is 9.65. The molecule has 1 aromatic carbocycles. The molecule has 3 amide bonds. The number of amides is 3. The topological polar surface area (TPSA) is 108 Å². The van der Waals surface area contributed by atoms with E-state index in [2.05, 4.69) is 10.6 Å². The molecule has 3 heterocycles. The second-order valence-corrected chi connectivity index (χ2v) is 10.9. The first kappa shape index (κ1) is 24.7. The van der Waals surface area contributed by atoms with Gasteiger partial charge in [-0.3, -0.25) is 14.4 Å². The Hall–Kier alpha value is -2.45. The first-order chi connectivity index (χ1) is 16.1. The molecular formula is C26H37N3O5. The zero-order valence-corrected chi connectivity index (χ0v) is 20.6. The zero-order valence-electron chi connectivity index (χ0n) is 20.6. The van der Waals surface area contributed by atoms with Crippen LogP contribution in [0.25, 0.3) is 0 Å². The molecule has 3 fully saturated rings. The number of hydrogen-bond acceptors (Lipinski definition) is 5. The van der Waals surface area contributed by atoms with Crippen LogP contribution in [0.3, 0.4) is 0 Å². The van der Waals surface area contributed by atoms with E-state index in [1.165, 1.54) is 0 Å². The molecule has 0 aromatic heterocycles. The molecule has 3 saturated heterocycles. The van der Waals surface area contributed by atoms with Crippen LogP contribution in [0.5, 0.6) is 0 Å². The van der Waals surface area contributed by atoms with Crippen LogP contribution < -0.4 is 10.6 Å². The van der Waals surface area contributed by atoms with Crippen molar-refractivity contribution in [1.82, 2.24) is 15.5 Å². The van der Waals surface area contributed by atoms with Gasteiger partial charge in [-0.2, -0.15) is 0 Å². The molecule has 3 N–H and O–H groups in total. The minimum absolute atomic E-state index is 0.0875. The summed E-state index contributed by atoms with van der Waals surface area (Å²) in [6.45, 7) is 8.20. The summed E-state index contributed by atoms with van der Waals surface area (Å²) in [6.07, 6.45) is 2.13. The van der Waals surface area contributed by atoms with Gasteiger partial charge in [0.2, 0.25) is 17.7 Å². The predicted molar refractivity (Wildman–Crippen MR) is 126 cm³/mol. The molecule has 1 spiro atoms. The third-order valence-corrected chi connectivity index (χ3v) is 7.58. The van der Waals surface area contributed by atoms with Crippen LogP contribution in [-0.4, -0.2) is 63.7 Å². The molecule has 3 aliphatic rings. The number of benzene rings is 1. The van der Waals surface area contributed by atoms with Gasteiger partial charge in [-0.1, -0.05) is 37.3 Å². The van der Waals surface area contributed by atoms with Crippen molar-refractivity contribution in [3.05, 3.63) is 35.9 Å². The van der Waals surface area contributed by atoms with Gasteiger partial charge in [0.1, 0.15) is 11.6 Å². The molecule has 0 aliphatic carbocycles. The van der Waals surface area contributed by atoms with Crippen molar-refractivity contribution in [2.45, 2.75) is 82.7 Å². The van der Waals surface area contributed by atoms with Crippen molar-refractivity contribution in [2.75, 3.05) is 13.2 Å². The number of likely N-dealkylation sites (tertiary alicyclic amines) is 1. The molecule has 3 aliphatic heterocycles. The van der Waals surface area contributed by atoms with Gasteiger partial charge in [-0.25, -0.2) is 0 Å². The fourth-order valence-electron chi connectivity index (χ4n) is 6.23. The lowest BCUT2D eigenvalue weighted by Crippen LogP contribution is -2.58. The van der Waals surface area contributed by atoms with Crippen LogP contribution in [0.1, 0.15) is 58.9 Å². The van der Waals surface area contributed by atoms with E-state index >= 15 is 0 Å². The molecule has 8 heteroatoms. The maximum atomic E-state index is 13.8. The second-order valence-electron chi connectivity index (χ2n) is 10.9. The monoisotopic (exact) mass is 471 g/mol. The van der Waals surface area contributed by atoms with E-state index in [1.807, 2.05) is 58.0 Å². The fourth-order valence-corrected chi connectivity index (χ4v) is 6.23. The first-order valence-electron chi connectivity index (χ1n) is 12.3. The average molecular weight is 472 g/mol. The number of nitrogens with zero attached hydrogens (tertiary/aromatic N) is 1. The van der Waals surface area contributed by atoms with Gasteiger partial charge in [0.05, 0.1) is 17.4 Å². The number of ether oxygens (including phenoxy) is 1. The largest absolute Gasteiger partial charge is 0.396 e. The third kappa shape index (κ3) is 4.01. The summed E-state index contributed by atoms with van der Waals surface area (Å²) in [5.41, 5.74) is -1.30. The number of rotatable bonds is 8. The van der Waals surface area contributed by atoms with Crippen LogP contribution >= 0.6 is 0 Å². The van der Waals surface area contributed by atoms with Crippen molar-refractivity contribution in [1.29, 1.82) is 0 Å². The Morgan fingerprint density at radius 1 is 1.18 bits per heavy atom. The molecule has 0 radical (unpaired) electrons. The number of carbonyl (C=O) groups excluding carboxylic acids is 3. The third-order valence-electron chi connectivity index (χ3n) is 7.58. The molecule has 2 bridgehead atoms. The van der Waals surface area contributed by atoms with Crippen molar-refractivity contribution < 1.29 is 24.2 Å². The normalized spacial score (nSPS) is 32.1. The summed E-state index contributed by atoms with van der Waals surface area (Å²) in [7, 11) is 0. The first-order valence-corrected chi connectivity index (χ1v) is 12.3. The van der Waals surface area contributed by atoms with Gasteiger partial charge in [-0.05, 0) is 52.0 Å². The summed E-state index contributed by atoms with van der Waals surface area (Å²) in [6, 6.07) is 8.82. The minimum atomic E-state index is -1.04. The Bertz CT molecular complexity index is 946. The van der Waals surface area contributed by atoms with Gasteiger partial charge in [0.25, 0.3) is 0 Å². The minimum Gasteiger partial charge on any atom is -0.396 e. The molecule has 2 unspecified atom stereocenters. The lowest BCUT2D eigenvalue weighted by Gasteiger charge is -2.35. The Kier molecular flexibility index (Phi) is 6.50. The number of carbonyl (C=O) groups is 3. The van der Waals surface area contributed by atoms with Gasteiger partial charge in [0, 0.05) is 25.2 Å². The summed E-state index contributed by atoms with van der Waals surface area (Å²) < 4.78 is 6.69. The van der Waals surface area contributed by atoms with E-state index < -0.39 is 34.6 Å². The molecular weight excluding hydrogens is 434 g/mol. The van der Waals surface area contributed by atoms with Crippen molar-refractivity contribution in [3.8, 4) is 0 Å². The number of fused-ring (bicyclic) bond motifs is 1. The van der Waals surface area contributed by atoms with Crippen LogP contribution in [0, 0.1) is 11.8 Å². The molecule has 8 nitrogen and oxygen atoms in total. The summed E-state index contributed by atoms with van der Waals surface area (Å²) in [5, 5.41) is 15.5. The molecule has 1 aromatic rings. The van der Waals surface area contributed by atoms with E-state index in [4.69, 9.17) is 4.74 Å². The van der Waals surface area contributed by atoms with Crippen molar-refractivity contribution >= 4 is 17.7 Å². The number of aliphatic hydroxyl groups excluding tert-OH is 1. The number of nitrogens with one attached hydrogen (secondary N) is 2. The van der Waals surface area contributed by atoms with Gasteiger partial charge >= 0.3 is 0 Å². The van der Waals surface area contributed by atoms with Crippen LogP contribution in [0.2, 0.25) is 0 Å². The lowest BCUT2D eigenvalue weighted by molar-refractivity contribution is -0.148. The molecule has 4 rings (SSSR count). The van der Waals surface area contributed by atoms with E-state index in [0.717, 1.165) is 5.56 Å². The zero-order chi connectivity index (χ0) is 24.7. The smallest absolute Gasteiger partial charge is 0.246 e. The van der Waals surface area contributed by atoms with Gasteiger partial charge in [-0.15, -0.1) is 0 Å². The van der Waals surface area contributed by atoms with Gasteiger partial charge in [0.15, 0.2) is 0 Å². The Labute approximate surface area is 201 Å². The molecule has 5 atom stereocenters. The Balaban J connectivity index is 1.67. The molecule has 186 valence electrons. The highest BCUT2D eigenvalue weighted by molar-refractivity contribution is 5.99. The molecule has 0 saturated carbocycles. The van der Waals surface area contributed by atoms with E-state index in [0.29, 0.717) is 32.2 Å². The Morgan fingerprint density at radius 2 is 1.88 bits per heavy atom. The highest BCUT2D eigenvalue weighted by Crippen LogP contribution is 2.64. The van der Waals surface area contributed by atoms with E-state index in [-0.39, 0.29) is 30.9 Å². The number of hydrogen-bond donors (Lipinski definition) is 3. The molecule has 34 heavy (non-hydrogen) atoms. The SMILES string of the molecule is CC[C@]12CCC3(O1)C(C(=O)NC(C)(C)C)N(CCCO)C(=O)[C@@H]3[C@H]2C(=O)NCc1ccccc1. The summed E-state index contributed by atoms with van der Waals surface area (Å²) >= 11 is 0. The van der Waals surface area contributed by atoms with Crippen LogP contribution in [-0.2, 0) is 25.7 Å². The van der Waals surface area contributed by atoms with Crippen molar-refractivity contribution in [3.63, 3.8) is 0 Å². The van der Waals surface area contributed by atoms with Crippen molar-refractivity contribution in [2.24, 2.45) is 11.8 Å². The highest BCUT2D eigenvalue weighted by atomic mass is 16.5. The quantitative estimate of drug-likeness (QED) is 0.536. The average Bonchev–Trinajstić information content (AvgIpc) is 3.39.